The molecule has 0 bridgehead atoms. The Hall–Kier alpha value is -3.66. The summed E-state index contributed by atoms with van der Waals surface area (Å²) in [6.45, 7) is 1.77. The Kier molecular flexibility index (Phi) is 6.07. The molecular weight excluding hydrogens is 411 g/mol. The second-order valence-corrected chi connectivity index (χ2v) is 8.79. The van der Waals surface area contributed by atoms with Crippen molar-refractivity contribution >= 4 is 5.91 Å². The predicted octanol–water partition coefficient (Wildman–Crippen LogP) is 6.01. The van der Waals surface area contributed by atoms with Crippen LogP contribution < -0.4 is 0 Å². The first kappa shape index (κ1) is 21.2. The van der Waals surface area contributed by atoms with Crippen molar-refractivity contribution in [1.29, 1.82) is 0 Å². The zero-order valence-electron chi connectivity index (χ0n) is 18.5. The fraction of sp³-hybridized carbons (Fsp3) is 0.207. The van der Waals surface area contributed by atoms with Crippen LogP contribution in [0.2, 0.25) is 0 Å². The molecule has 0 aliphatic heterocycles. The highest BCUT2D eigenvalue weighted by atomic mass is 19.1. The van der Waals surface area contributed by atoms with E-state index in [9.17, 15) is 9.18 Å². The number of aromatic nitrogens is 1. The van der Waals surface area contributed by atoms with Crippen LogP contribution in [0.4, 0.5) is 4.39 Å². The van der Waals surface area contributed by atoms with E-state index < -0.39 is 0 Å². The van der Waals surface area contributed by atoms with Gasteiger partial charge in [0.15, 0.2) is 0 Å². The van der Waals surface area contributed by atoms with Crippen LogP contribution in [-0.2, 0) is 24.4 Å². The number of carbonyl (C=O) groups excluding carboxylic acids is 1. The molecule has 1 aliphatic rings. The third kappa shape index (κ3) is 5.06. The van der Waals surface area contributed by atoms with Crippen molar-refractivity contribution in [2.45, 2.75) is 32.0 Å². The summed E-state index contributed by atoms with van der Waals surface area (Å²) in [6.07, 6.45) is 2.93. The average molecular weight is 439 g/mol. The Morgan fingerprint density at radius 3 is 2.24 bits per heavy atom. The summed E-state index contributed by atoms with van der Waals surface area (Å²) in [5.74, 6) is 0.324. The van der Waals surface area contributed by atoms with Crippen molar-refractivity contribution in [3.05, 3.63) is 131 Å². The van der Waals surface area contributed by atoms with Crippen LogP contribution in [0.3, 0.4) is 0 Å². The van der Waals surface area contributed by atoms with Crippen molar-refractivity contribution in [3.63, 3.8) is 0 Å². The molecule has 33 heavy (non-hydrogen) atoms. The van der Waals surface area contributed by atoms with Crippen molar-refractivity contribution in [2.24, 2.45) is 5.92 Å². The summed E-state index contributed by atoms with van der Waals surface area (Å²) >= 11 is 0. The van der Waals surface area contributed by atoms with Crippen LogP contribution in [-0.4, -0.2) is 15.4 Å². The van der Waals surface area contributed by atoms with Crippen LogP contribution >= 0.6 is 0 Å². The maximum Gasteiger partial charge on any atom is 0.226 e. The Morgan fingerprint density at radius 2 is 1.52 bits per heavy atom. The SMILES string of the molecule is O=C(C1CC1c1ccccc1)N(Cc1ccccc1)Cc1cccn1Cc1ccc(F)cc1. The minimum absolute atomic E-state index is 0.0385. The predicted molar refractivity (Wildman–Crippen MR) is 128 cm³/mol. The minimum Gasteiger partial charge on any atom is -0.345 e. The second kappa shape index (κ2) is 9.45. The van der Waals surface area contributed by atoms with Crippen LogP contribution in [0, 0.1) is 11.7 Å². The molecule has 2 atom stereocenters. The molecule has 1 saturated carbocycles. The van der Waals surface area contributed by atoms with E-state index in [0.717, 1.165) is 23.2 Å². The molecule has 0 N–H and O–H groups in total. The van der Waals surface area contributed by atoms with E-state index in [2.05, 4.69) is 34.9 Å². The van der Waals surface area contributed by atoms with E-state index in [4.69, 9.17) is 0 Å². The number of nitrogens with zero attached hydrogens (tertiary/aromatic N) is 2. The second-order valence-electron chi connectivity index (χ2n) is 8.79. The molecule has 166 valence electrons. The number of halogens is 1. The average Bonchev–Trinajstić information content (AvgIpc) is 3.54. The maximum absolute atomic E-state index is 13.6. The molecule has 1 fully saturated rings. The molecule has 0 saturated heterocycles. The van der Waals surface area contributed by atoms with Crippen molar-refractivity contribution < 1.29 is 9.18 Å². The molecule has 1 aromatic heterocycles. The summed E-state index contributed by atoms with van der Waals surface area (Å²) in [5.41, 5.74) is 4.47. The molecule has 4 heteroatoms. The number of carbonyl (C=O) groups is 1. The summed E-state index contributed by atoms with van der Waals surface area (Å²) < 4.78 is 15.4. The van der Waals surface area contributed by atoms with Gasteiger partial charge in [-0.05, 0) is 53.3 Å². The highest BCUT2D eigenvalue weighted by Gasteiger charge is 2.45. The van der Waals surface area contributed by atoms with Gasteiger partial charge in [0.05, 0.1) is 6.54 Å². The zero-order chi connectivity index (χ0) is 22.6. The lowest BCUT2D eigenvalue weighted by atomic mass is 10.1. The lowest BCUT2D eigenvalue weighted by Crippen LogP contribution is -2.32. The Labute approximate surface area is 194 Å². The largest absolute Gasteiger partial charge is 0.345 e. The van der Waals surface area contributed by atoms with Gasteiger partial charge in [0.1, 0.15) is 5.82 Å². The van der Waals surface area contributed by atoms with Gasteiger partial charge in [0.2, 0.25) is 5.91 Å². The lowest BCUT2D eigenvalue weighted by Gasteiger charge is -2.24. The third-order valence-electron chi connectivity index (χ3n) is 6.41. The zero-order valence-corrected chi connectivity index (χ0v) is 18.5. The van der Waals surface area contributed by atoms with Gasteiger partial charge < -0.3 is 9.47 Å². The van der Waals surface area contributed by atoms with E-state index in [1.165, 1.54) is 17.7 Å². The maximum atomic E-state index is 13.6. The first-order valence-corrected chi connectivity index (χ1v) is 11.4. The molecule has 3 nitrogen and oxygen atoms in total. The fourth-order valence-corrected chi connectivity index (χ4v) is 4.52. The van der Waals surface area contributed by atoms with Crippen molar-refractivity contribution in [2.75, 3.05) is 0 Å². The molecule has 0 radical (unpaired) electrons. The molecule has 1 aliphatic carbocycles. The van der Waals surface area contributed by atoms with Crippen LogP contribution in [0.1, 0.15) is 34.7 Å². The van der Waals surface area contributed by atoms with Gasteiger partial charge in [-0.2, -0.15) is 0 Å². The Bertz CT molecular complexity index is 1200. The van der Waals surface area contributed by atoms with E-state index in [1.54, 1.807) is 12.1 Å². The van der Waals surface area contributed by atoms with Gasteiger partial charge in [-0.25, -0.2) is 4.39 Å². The Morgan fingerprint density at radius 1 is 0.818 bits per heavy atom. The fourth-order valence-electron chi connectivity index (χ4n) is 4.52. The molecule has 0 spiro atoms. The van der Waals surface area contributed by atoms with E-state index in [1.807, 2.05) is 53.6 Å². The number of hydrogen-bond acceptors (Lipinski definition) is 1. The number of rotatable bonds is 8. The minimum atomic E-state index is -0.233. The van der Waals surface area contributed by atoms with Gasteiger partial charge >= 0.3 is 0 Å². The van der Waals surface area contributed by atoms with E-state index in [0.29, 0.717) is 25.6 Å². The molecule has 5 rings (SSSR count). The molecule has 4 aromatic rings. The van der Waals surface area contributed by atoms with Gasteiger partial charge in [-0.15, -0.1) is 0 Å². The molecule has 2 unspecified atom stereocenters. The summed E-state index contributed by atoms with van der Waals surface area (Å²) in [4.78, 5) is 15.6. The monoisotopic (exact) mass is 438 g/mol. The number of amides is 1. The third-order valence-corrected chi connectivity index (χ3v) is 6.41. The molecule has 1 amide bonds. The van der Waals surface area contributed by atoms with E-state index in [-0.39, 0.29) is 17.6 Å². The topological polar surface area (TPSA) is 25.2 Å². The van der Waals surface area contributed by atoms with Crippen molar-refractivity contribution in [3.8, 4) is 0 Å². The summed E-state index contributed by atoms with van der Waals surface area (Å²) in [5, 5.41) is 0. The van der Waals surface area contributed by atoms with Gasteiger partial charge in [-0.3, -0.25) is 4.79 Å². The summed E-state index contributed by atoms with van der Waals surface area (Å²) in [7, 11) is 0. The first-order chi connectivity index (χ1) is 16.2. The number of hydrogen-bond donors (Lipinski definition) is 0. The lowest BCUT2D eigenvalue weighted by molar-refractivity contribution is -0.134. The van der Waals surface area contributed by atoms with Crippen molar-refractivity contribution in [1.82, 2.24) is 9.47 Å². The summed E-state index contributed by atoms with van der Waals surface area (Å²) in [6, 6.07) is 31.2. The smallest absolute Gasteiger partial charge is 0.226 e. The molecular formula is C29H27FN2O. The molecule has 1 heterocycles. The Balaban J connectivity index is 1.35. The molecule has 3 aromatic carbocycles. The van der Waals surface area contributed by atoms with Gasteiger partial charge in [0, 0.05) is 30.9 Å². The number of benzene rings is 3. The van der Waals surface area contributed by atoms with Crippen LogP contribution in [0.15, 0.2) is 103 Å². The quantitative estimate of drug-likeness (QED) is 0.331. The normalized spacial score (nSPS) is 17.0. The van der Waals surface area contributed by atoms with Crippen LogP contribution in [0.5, 0.6) is 0 Å². The highest BCUT2D eigenvalue weighted by Crippen LogP contribution is 2.48. The van der Waals surface area contributed by atoms with Gasteiger partial charge in [-0.1, -0.05) is 72.8 Å². The highest BCUT2D eigenvalue weighted by molar-refractivity contribution is 5.83. The van der Waals surface area contributed by atoms with E-state index >= 15 is 0 Å². The standard InChI is InChI=1S/C29H27FN2O/c30-25-15-13-23(14-16-25)19-31-17-7-12-26(31)21-32(20-22-8-3-1-4-9-22)29(33)28-18-27(28)24-10-5-2-6-11-24/h1-17,27-28H,18-21H2. The van der Waals surface area contributed by atoms with Gasteiger partial charge in [0.25, 0.3) is 0 Å². The first-order valence-electron chi connectivity index (χ1n) is 11.4. The van der Waals surface area contributed by atoms with Crippen LogP contribution in [0.25, 0.3) is 0 Å².